The van der Waals surface area contributed by atoms with Crippen LogP contribution in [-0.4, -0.2) is 21.9 Å². The Balaban J connectivity index is 1.82. The normalized spacial score (nSPS) is 27.9. The van der Waals surface area contributed by atoms with Gasteiger partial charge in [-0.25, -0.2) is 0 Å². The number of anilines is 1. The summed E-state index contributed by atoms with van der Waals surface area (Å²) in [6.07, 6.45) is 4.26. The number of fused-ring (bicyclic) bond motifs is 2. The van der Waals surface area contributed by atoms with Crippen molar-refractivity contribution in [3.8, 4) is 0 Å². The molecule has 0 aliphatic heterocycles. The summed E-state index contributed by atoms with van der Waals surface area (Å²) in [7, 11) is 0. The fraction of sp³-hybridized carbons (Fsp3) is 0.333. The highest BCUT2D eigenvalue weighted by molar-refractivity contribution is 5.96. The van der Waals surface area contributed by atoms with Crippen LogP contribution >= 0.6 is 0 Å². The molecule has 2 N–H and O–H groups in total. The molecule has 2 bridgehead atoms. The number of allylic oxidation sites excluding steroid dienone is 2. The Morgan fingerprint density at radius 2 is 1.91 bits per heavy atom. The first-order valence-electron chi connectivity index (χ1n) is 7.04. The van der Waals surface area contributed by atoms with Gasteiger partial charge in [-0.1, -0.05) is 12.2 Å². The summed E-state index contributed by atoms with van der Waals surface area (Å²) in [6, 6.07) is 3.02. The summed E-state index contributed by atoms with van der Waals surface area (Å²) in [4.78, 5) is 33.7. The minimum Gasteiger partial charge on any atom is -0.481 e. The third-order valence-electron chi connectivity index (χ3n) is 4.46. The zero-order valence-corrected chi connectivity index (χ0v) is 11.8. The number of nitro benzene ring substituents is 1. The number of carboxylic acid groups (broad SMARTS) is 1. The third kappa shape index (κ3) is 2.56. The standard InChI is InChI=1S/C15H13FN2O5/c16-10-4-3-9(6-11(10)18(22)23)17-14(19)12-7-1-2-8(5-7)13(12)15(20)21/h1-4,6-8,12-13H,5H2,(H,17,19)(H,20,21)/t7-,8+,12+,13+/m1/s1. The van der Waals surface area contributed by atoms with E-state index in [-0.39, 0.29) is 17.5 Å². The number of hydrogen-bond donors (Lipinski definition) is 2. The molecule has 0 heterocycles. The summed E-state index contributed by atoms with van der Waals surface area (Å²) in [5, 5.41) is 22.5. The lowest BCUT2D eigenvalue weighted by Gasteiger charge is -2.23. The third-order valence-corrected chi connectivity index (χ3v) is 4.46. The van der Waals surface area contributed by atoms with E-state index in [1.165, 1.54) is 6.07 Å². The molecule has 1 amide bonds. The van der Waals surface area contributed by atoms with Gasteiger partial charge < -0.3 is 10.4 Å². The van der Waals surface area contributed by atoms with Gasteiger partial charge in [-0.2, -0.15) is 4.39 Å². The zero-order valence-electron chi connectivity index (χ0n) is 11.8. The largest absolute Gasteiger partial charge is 0.481 e. The van der Waals surface area contributed by atoms with Crippen molar-refractivity contribution >= 4 is 23.3 Å². The van der Waals surface area contributed by atoms with E-state index in [9.17, 15) is 29.2 Å². The first kappa shape index (κ1) is 15.1. The van der Waals surface area contributed by atoms with Crippen LogP contribution in [0.4, 0.5) is 15.8 Å². The minimum atomic E-state index is -1.04. The SMILES string of the molecule is O=C(Nc1ccc(F)c([N+](=O)[O-])c1)[C@@H]1[C@@H](C(=O)O)[C@H]2C=C[C@@H]1C2. The molecule has 1 aromatic carbocycles. The Labute approximate surface area is 130 Å². The average Bonchev–Trinajstić information content (AvgIpc) is 3.09. The van der Waals surface area contributed by atoms with Crippen molar-refractivity contribution in [2.45, 2.75) is 6.42 Å². The van der Waals surface area contributed by atoms with Crippen LogP contribution in [0.3, 0.4) is 0 Å². The van der Waals surface area contributed by atoms with E-state index >= 15 is 0 Å². The van der Waals surface area contributed by atoms with Gasteiger partial charge in [0, 0.05) is 11.8 Å². The lowest BCUT2D eigenvalue weighted by atomic mass is 9.82. The summed E-state index contributed by atoms with van der Waals surface area (Å²) in [6.45, 7) is 0. The van der Waals surface area contributed by atoms with Gasteiger partial charge in [-0.15, -0.1) is 0 Å². The number of nitrogens with one attached hydrogen (secondary N) is 1. The van der Waals surface area contributed by atoms with Gasteiger partial charge in [-0.3, -0.25) is 19.7 Å². The molecule has 7 nitrogen and oxygen atoms in total. The molecular formula is C15H13FN2O5. The Morgan fingerprint density at radius 1 is 1.26 bits per heavy atom. The van der Waals surface area contributed by atoms with Crippen molar-refractivity contribution in [3.63, 3.8) is 0 Å². The van der Waals surface area contributed by atoms with Crippen molar-refractivity contribution in [1.29, 1.82) is 0 Å². The molecule has 0 unspecified atom stereocenters. The first-order chi connectivity index (χ1) is 10.9. The van der Waals surface area contributed by atoms with E-state index in [1.54, 1.807) is 0 Å². The molecule has 0 aromatic heterocycles. The van der Waals surface area contributed by atoms with Gasteiger partial charge in [-0.05, 0) is 30.4 Å². The topological polar surface area (TPSA) is 110 Å². The zero-order chi connectivity index (χ0) is 16.7. The molecule has 0 spiro atoms. The Morgan fingerprint density at radius 3 is 2.52 bits per heavy atom. The van der Waals surface area contributed by atoms with Crippen LogP contribution in [-0.2, 0) is 9.59 Å². The summed E-state index contributed by atoms with van der Waals surface area (Å²) >= 11 is 0. The van der Waals surface area contributed by atoms with Crippen LogP contribution in [0.5, 0.6) is 0 Å². The molecule has 1 saturated carbocycles. The van der Waals surface area contributed by atoms with E-state index < -0.39 is 40.1 Å². The molecule has 0 saturated heterocycles. The molecule has 0 radical (unpaired) electrons. The van der Waals surface area contributed by atoms with E-state index in [0.29, 0.717) is 6.42 Å². The van der Waals surface area contributed by atoms with Crippen LogP contribution in [0.15, 0.2) is 30.4 Å². The first-order valence-corrected chi connectivity index (χ1v) is 7.04. The Hall–Kier alpha value is -2.77. The molecule has 2 aliphatic rings. The fourth-order valence-corrected chi connectivity index (χ4v) is 3.47. The smallest absolute Gasteiger partial charge is 0.307 e. The van der Waals surface area contributed by atoms with E-state index in [0.717, 1.165) is 12.1 Å². The maximum Gasteiger partial charge on any atom is 0.307 e. The van der Waals surface area contributed by atoms with Gasteiger partial charge in [0.1, 0.15) is 0 Å². The van der Waals surface area contributed by atoms with Crippen molar-refractivity contribution in [2.24, 2.45) is 23.7 Å². The highest BCUT2D eigenvalue weighted by Gasteiger charge is 2.51. The monoisotopic (exact) mass is 320 g/mol. The number of amides is 1. The van der Waals surface area contributed by atoms with Gasteiger partial charge in [0.25, 0.3) is 0 Å². The molecule has 4 atom stereocenters. The van der Waals surface area contributed by atoms with Crippen LogP contribution in [0.25, 0.3) is 0 Å². The predicted molar refractivity (Wildman–Crippen MR) is 77.0 cm³/mol. The molecule has 2 aliphatic carbocycles. The number of hydrogen-bond acceptors (Lipinski definition) is 4. The van der Waals surface area contributed by atoms with Gasteiger partial charge >= 0.3 is 11.7 Å². The molecule has 1 fully saturated rings. The molecule has 8 heteroatoms. The van der Waals surface area contributed by atoms with Crippen LogP contribution in [0.2, 0.25) is 0 Å². The Bertz CT molecular complexity index is 733. The highest BCUT2D eigenvalue weighted by Crippen LogP contribution is 2.48. The minimum absolute atomic E-state index is 0.0685. The second-order valence-corrected chi connectivity index (χ2v) is 5.75. The summed E-state index contributed by atoms with van der Waals surface area (Å²) in [5.41, 5.74) is -0.676. The van der Waals surface area contributed by atoms with Gasteiger partial charge in [0.2, 0.25) is 11.7 Å². The van der Waals surface area contributed by atoms with Crippen LogP contribution in [0, 0.1) is 39.6 Å². The summed E-state index contributed by atoms with van der Waals surface area (Å²) < 4.78 is 13.3. The molecule has 1 aromatic rings. The molecular weight excluding hydrogens is 307 g/mol. The predicted octanol–water partition coefficient (Wildman–Crippen LogP) is 2.20. The average molecular weight is 320 g/mol. The van der Waals surface area contributed by atoms with Crippen molar-refractivity contribution < 1.29 is 24.0 Å². The lowest BCUT2D eigenvalue weighted by Crippen LogP contribution is -2.36. The number of nitro groups is 1. The van der Waals surface area contributed by atoms with E-state index in [4.69, 9.17) is 0 Å². The second kappa shape index (κ2) is 5.45. The number of nitrogens with zero attached hydrogens (tertiary/aromatic N) is 1. The number of carboxylic acids is 1. The van der Waals surface area contributed by atoms with Crippen LogP contribution < -0.4 is 5.32 Å². The number of carbonyl (C=O) groups is 2. The quantitative estimate of drug-likeness (QED) is 0.502. The lowest BCUT2D eigenvalue weighted by molar-refractivity contribution is -0.387. The molecule has 120 valence electrons. The van der Waals surface area contributed by atoms with Crippen molar-refractivity contribution in [1.82, 2.24) is 0 Å². The van der Waals surface area contributed by atoms with E-state index in [2.05, 4.69) is 5.32 Å². The fourth-order valence-electron chi connectivity index (χ4n) is 3.47. The molecule has 23 heavy (non-hydrogen) atoms. The number of aliphatic carboxylic acids is 1. The number of rotatable bonds is 4. The van der Waals surface area contributed by atoms with Gasteiger partial charge in [0.15, 0.2) is 0 Å². The molecule has 3 rings (SSSR count). The maximum atomic E-state index is 13.3. The van der Waals surface area contributed by atoms with Gasteiger partial charge in [0.05, 0.1) is 16.8 Å². The maximum absolute atomic E-state index is 13.3. The second-order valence-electron chi connectivity index (χ2n) is 5.75. The summed E-state index contributed by atoms with van der Waals surface area (Å²) in [5.74, 6) is -4.42. The van der Waals surface area contributed by atoms with E-state index in [1.807, 2.05) is 12.2 Å². The van der Waals surface area contributed by atoms with Crippen molar-refractivity contribution in [3.05, 3.63) is 46.3 Å². The number of halogens is 1. The Kier molecular flexibility index (Phi) is 3.59. The van der Waals surface area contributed by atoms with Crippen LogP contribution in [0.1, 0.15) is 6.42 Å². The highest BCUT2D eigenvalue weighted by atomic mass is 19.1. The number of carbonyl (C=O) groups excluding carboxylic acids is 1. The van der Waals surface area contributed by atoms with Crippen molar-refractivity contribution in [2.75, 3.05) is 5.32 Å². The number of benzene rings is 1.